The molecule has 0 saturated heterocycles. The predicted molar refractivity (Wildman–Crippen MR) is 88.4 cm³/mol. The number of hydrogen-bond acceptors (Lipinski definition) is 4. The molecule has 24 heavy (non-hydrogen) atoms. The Morgan fingerprint density at radius 1 is 1.29 bits per heavy atom. The van der Waals surface area contributed by atoms with Gasteiger partial charge >= 0.3 is 5.97 Å². The zero-order valence-corrected chi connectivity index (χ0v) is 13.7. The molecule has 0 saturated carbocycles. The number of carbonyl (C=O) groups is 2. The third-order valence-corrected chi connectivity index (χ3v) is 3.47. The van der Waals surface area contributed by atoms with E-state index in [1.165, 1.54) is 23.1 Å². The average molecular weight is 345 g/mol. The van der Waals surface area contributed by atoms with Crippen molar-refractivity contribution in [2.45, 2.75) is 0 Å². The summed E-state index contributed by atoms with van der Waals surface area (Å²) < 4.78 is 5.58. The number of carboxylic acids is 1. The minimum atomic E-state index is -1.12. The zero-order valence-electron chi connectivity index (χ0n) is 12.9. The SMILES string of the molecule is CN(C)C(=O)/C(C#N)=C\c1ccc(-c2ccc(C(=O)O)c(Cl)c2)o1. The number of nitrogens with zero attached hydrogens (tertiary/aromatic N) is 2. The van der Waals surface area contributed by atoms with Crippen molar-refractivity contribution in [3.05, 3.63) is 52.3 Å². The van der Waals surface area contributed by atoms with Crippen LogP contribution in [0.3, 0.4) is 0 Å². The van der Waals surface area contributed by atoms with Gasteiger partial charge in [0.2, 0.25) is 0 Å². The molecule has 2 aromatic rings. The predicted octanol–water partition coefficient (Wildman–Crippen LogP) is 3.29. The molecule has 0 aliphatic rings. The topological polar surface area (TPSA) is 94.5 Å². The number of nitriles is 1. The summed E-state index contributed by atoms with van der Waals surface area (Å²) >= 11 is 5.94. The number of carbonyl (C=O) groups excluding carboxylic acids is 1. The van der Waals surface area contributed by atoms with Crippen molar-refractivity contribution in [3.63, 3.8) is 0 Å². The summed E-state index contributed by atoms with van der Waals surface area (Å²) in [6, 6.07) is 9.52. The van der Waals surface area contributed by atoms with E-state index in [9.17, 15) is 9.59 Å². The fraction of sp³-hybridized carbons (Fsp3) is 0.118. The number of furan rings is 1. The van der Waals surface area contributed by atoms with Gasteiger partial charge < -0.3 is 14.4 Å². The van der Waals surface area contributed by atoms with Crippen LogP contribution in [-0.2, 0) is 4.79 Å². The molecular formula is C17H13ClN2O4. The molecule has 1 aromatic carbocycles. The van der Waals surface area contributed by atoms with Gasteiger partial charge in [-0.1, -0.05) is 17.7 Å². The lowest BCUT2D eigenvalue weighted by molar-refractivity contribution is -0.124. The number of likely N-dealkylation sites (N-methyl/N-ethyl adjacent to an activating group) is 1. The first kappa shape index (κ1) is 17.3. The smallest absolute Gasteiger partial charge is 0.337 e. The van der Waals surface area contributed by atoms with Crippen LogP contribution in [0, 0.1) is 11.3 Å². The first-order valence-corrected chi connectivity index (χ1v) is 7.17. The Balaban J connectivity index is 2.34. The standard InChI is InChI=1S/C17H13ClN2O4/c1-20(2)16(21)11(9-19)7-12-4-6-15(24-12)10-3-5-13(17(22)23)14(18)8-10/h3-8H,1-2H3,(H,22,23)/b11-7-. The number of halogens is 1. The van der Waals surface area contributed by atoms with Crippen LogP contribution < -0.4 is 0 Å². The molecular weight excluding hydrogens is 332 g/mol. The van der Waals surface area contributed by atoms with Crippen molar-refractivity contribution in [2.75, 3.05) is 14.1 Å². The molecule has 6 nitrogen and oxygen atoms in total. The Labute approximate surface area is 143 Å². The van der Waals surface area contributed by atoms with Crippen molar-refractivity contribution in [2.24, 2.45) is 0 Å². The highest BCUT2D eigenvalue weighted by Crippen LogP contribution is 2.28. The largest absolute Gasteiger partial charge is 0.478 e. The maximum Gasteiger partial charge on any atom is 0.337 e. The van der Waals surface area contributed by atoms with Crippen LogP contribution >= 0.6 is 11.6 Å². The molecule has 0 unspecified atom stereocenters. The Bertz CT molecular complexity index is 875. The Hall–Kier alpha value is -3.04. The fourth-order valence-electron chi connectivity index (χ4n) is 1.95. The molecule has 0 spiro atoms. The second kappa shape index (κ2) is 7.02. The van der Waals surface area contributed by atoms with Gasteiger partial charge in [0.1, 0.15) is 23.2 Å². The van der Waals surface area contributed by atoms with E-state index in [2.05, 4.69) is 0 Å². The van der Waals surface area contributed by atoms with Crippen LogP contribution in [0.25, 0.3) is 17.4 Å². The highest BCUT2D eigenvalue weighted by atomic mass is 35.5. The molecule has 0 atom stereocenters. The van der Waals surface area contributed by atoms with Crippen LogP contribution in [-0.4, -0.2) is 36.0 Å². The van der Waals surface area contributed by atoms with Crippen molar-refractivity contribution in [3.8, 4) is 17.4 Å². The van der Waals surface area contributed by atoms with E-state index in [-0.39, 0.29) is 16.2 Å². The van der Waals surface area contributed by atoms with Gasteiger partial charge in [-0.15, -0.1) is 0 Å². The van der Waals surface area contributed by atoms with Gasteiger partial charge in [0.25, 0.3) is 5.91 Å². The van der Waals surface area contributed by atoms with Gasteiger partial charge in [-0.25, -0.2) is 4.79 Å². The van der Waals surface area contributed by atoms with E-state index < -0.39 is 11.9 Å². The number of rotatable bonds is 4. The van der Waals surface area contributed by atoms with Crippen molar-refractivity contribution in [1.29, 1.82) is 5.26 Å². The van der Waals surface area contributed by atoms with Gasteiger partial charge in [-0.05, 0) is 24.3 Å². The monoisotopic (exact) mass is 344 g/mol. The number of aromatic carboxylic acids is 1. The van der Waals surface area contributed by atoms with E-state index >= 15 is 0 Å². The quantitative estimate of drug-likeness (QED) is 0.678. The zero-order chi connectivity index (χ0) is 17.9. The molecule has 1 N–H and O–H groups in total. The van der Waals surface area contributed by atoms with Gasteiger partial charge in [0, 0.05) is 25.7 Å². The molecule has 0 radical (unpaired) electrons. The fourth-order valence-corrected chi connectivity index (χ4v) is 2.21. The Kier molecular flexibility index (Phi) is 5.07. The average Bonchev–Trinajstić information content (AvgIpc) is 3.00. The molecule has 2 rings (SSSR count). The van der Waals surface area contributed by atoms with E-state index in [1.807, 2.05) is 6.07 Å². The van der Waals surface area contributed by atoms with Gasteiger partial charge in [-0.3, -0.25) is 4.79 Å². The first-order chi connectivity index (χ1) is 11.3. The number of hydrogen-bond donors (Lipinski definition) is 1. The third kappa shape index (κ3) is 3.65. The Morgan fingerprint density at radius 3 is 2.54 bits per heavy atom. The summed E-state index contributed by atoms with van der Waals surface area (Å²) in [6.45, 7) is 0. The molecule has 1 heterocycles. The second-order valence-corrected chi connectivity index (χ2v) is 5.48. The summed E-state index contributed by atoms with van der Waals surface area (Å²) in [5.41, 5.74) is 0.526. The summed E-state index contributed by atoms with van der Waals surface area (Å²) in [5.74, 6) is -0.773. The lowest BCUT2D eigenvalue weighted by Crippen LogP contribution is -2.22. The lowest BCUT2D eigenvalue weighted by Gasteiger charge is -2.07. The van der Waals surface area contributed by atoms with Crippen LogP contribution in [0.2, 0.25) is 5.02 Å². The number of benzene rings is 1. The molecule has 7 heteroatoms. The molecule has 122 valence electrons. The van der Waals surface area contributed by atoms with Gasteiger partial charge in [0.05, 0.1) is 10.6 Å². The number of carboxylic acid groups (broad SMARTS) is 1. The molecule has 0 fully saturated rings. The van der Waals surface area contributed by atoms with E-state index in [0.717, 1.165) is 0 Å². The normalized spacial score (nSPS) is 11.0. The van der Waals surface area contributed by atoms with Gasteiger partial charge in [0.15, 0.2) is 0 Å². The maximum absolute atomic E-state index is 11.8. The molecule has 0 bridgehead atoms. The molecule has 0 aliphatic heterocycles. The highest BCUT2D eigenvalue weighted by Gasteiger charge is 2.14. The van der Waals surface area contributed by atoms with Crippen LogP contribution in [0.4, 0.5) is 0 Å². The summed E-state index contributed by atoms with van der Waals surface area (Å²) in [5, 5.41) is 18.1. The minimum absolute atomic E-state index is 0.00422. The Morgan fingerprint density at radius 2 is 2.00 bits per heavy atom. The minimum Gasteiger partial charge on any atom is -0.478 e. The summed E-state index contributed by atoms with van der Waals surface area (Å²) in [7, 11) is 3.10. The maximum atomic E-state index is 11.8. The summed E-state index contributed by atoms with van der Waals surface area (Å²) in [6.07, 6.45) is 1.35. The van der Waals surface area contributed by atoms with E-state index in [4.69, 9.17) is 26.4 Å². The summed E-state index contributed by atoms with van der Waals surface area (Å²) in [4.78, 5) is 24.1. The lowest BCUT2D eigenvalue weighted by atomic mass is 10.1. The van der Waals surface area contributed by atoms with Gasteiger partial charge in [-0.2, -0.15) is 5.26 Å². The molecule has 1 amide bonds. The van der Waals surface area contributed by atoms with Crippen LogP contribution in [0.1, 0.15) is 16.1 Å². The second-order valence-electron chi connectivity index (χ2n) is 5.07. The van der Waals surface area contributed by atoms with E-state index in [0.29, 0.717) is 17.1 Å². The third-order valence-electron chi connectivity index (χ3n) is 3.15. The number of amides is 1. The van der Waals surface area contributed by atoms with Crippen molar-refractivity contribution >= 4 is 29.6 Å². The van der Waals surface area contributed by atoms with Crippen LogP contribution in [0.15, 0.2) is 40.3 Å². The van der Waals surface area contributed by atoms with Crippen molar-refractivity contribution in [1.82, 2.24) is 4.90 Å². The van der Waals surface area contributed by atoms with Crippen molar-refractivity contribution < 1.29 is 19.1 Å². The molecule has 0 aliphatic carbocycles. The van der Waals surface area contributed by atoms with E-state index in [1.54, 1.807) is 32.3 Å². The first-order valence-electron chi connectivity index (χ1n) is 6.80. The highest BCUT2D eigenvalue weighted by molar-refractivity contribution is 6.33. The molecule has 1 aromatic heterocycles. The van der Waals surface area contributed by atoms with Crippen LogP contribution in [0.5, 0.6) is 0 Å².